The summed E-state index contributed by atoms with van der Waals surface area (Å²) in [6.45, 7) is 4.68. The second-order valence-electron chi connectivity index (χ2n) is 7.37. The Balaban J connectivity index is 0.00000240. The first-order valence-electron chi connectivity index (χ1n) is 9.30. The van der Waals surface area contributed by atoms with E-state index in [1.807, 2.05) is 17.5 Å². The number of thiophene rings is 1. The number of aromatic nitrogens is 3. The van der Waals surface area contributed by atoms with Gasteiger partial charge in [0.2, 0.25) is 5.82 Å². The number of rotatable bonds is 5. The molecule has 1 saturated heterocycles. The summed E-state index contributed by atoms with van der Waals surface area (Å²) in [5.74, 6) is -0.0632. The summed E-state index contributed by atoms with van der Waals surface area (Å²) in [5.41, 5.74) is 0.600. The maximum Gasteiger partial charge on any atom is 0.291 e. The summed E-state index contributed by atoms with van der Waals surface area (Å²) in [4.78, 5) is 18.0. The number of amides is 1. The molecule has 154 valence electrons. The van der Waals surface area contributed by atoms with Crippen LogP contribution in [0.15, 0.2) is 41.8 Å². The molecular weight excluding hydrogens is 413 g/mol. The summed E-state index contributed by atoms with van der Waals surface area (Å²) in [6.07, 6.45) is 2.03. The van der Waals surface area contributed by atoms with Crippen LogP contribution in [-0.4, -0.2) is 40.3 Å². The largest absolute Gasteiger partial charge is 0.349 e. The third-order valence-electron chi connectivity index (χ3n) is 5.09. The lowest BCUT2D eigenvalue weighted by atomic mass is 9.81. The molecule has 0 aliphatic carbocycles. The fraction of sp³-hybridized carbons (Fsp3) is 0.350. The van der Waals surface area contributed by atoms with Gasteiger partial charge in [-0.15, -0.1) is 28.8 Å². The van der Waals surface area contributed by atoms with Crippen molar-refractivity contribution in [1.82, 2.24) is 25.4 Å². The minimum atomic E-state index is -0.366. The smallest absolute Gasteiger partial charge is 0.291 e. The molecule has 3 heterocycles. The molecule has 2 aromatic heterocycles. The molecule has 9 heteroatoms. The SMILES string of the molecule is CC1(CNC(=O)c2nc(-c3cccs3)n(-c3cccc(F)c3)n2)CCNCC1.Cl. The number of carbonyl (C=O) groups is 1. The van der Waals surface area contributed by atoms with Gasteiger partial charge in [0.15, 0.2) is 5.82 Å². The predicted octanol–water partition coefficient (Wildman–Crippen LogP) is 3.68. The fourth-order valence-electron chi connectivity index (χ4n) is 3.34. The average molecular weight is 436 g/mol. The van der Waals surface area contributed by atoms with E-state index in [1.54, 1.807) is 12.1 Å². The number of carbonyl (C=O) groups excluding carboxylic acids is 1. The molecule has 1 aliphatic heterocycles. The lowest BCUT2D eigenvalue weighted by Crippen LogP contribution is -2.43. The molecule has 29 heavy (non-hydrogen) atoms. The summed E-state index contributed by atoms with van der Waals surface area (Å²) >= 11 is 1.49. The Morgan fingerprint density at radius 3 is 2.79 bits per heavy atom. The molecule has 1 amide bonds. The molecule has 1 fully saturated rings. The second kappa shape index (κ2) is 9.02. The standard InChI is InChI=1S/C20H22FN5OS.ClH/c1-20(7-9-22-10-8-20)13-23-19(27)17-24-18(16-6-3-11-28-16)26(25-17)15-5-2-4-14(21)12-15;/h2-6,11-12,22H,7-10,13H2,1H3,(H,23,27);1H. The molecule has 0 radical (unpaired) electrons. The topological polar surface area (TPSA) is 71.8 Å². The highest BCUT2D eigenvalue weighted by Gasteiger charge is 2.28. The number of nitrogens with one attached hydrogen (secondary N) is 2. The van der Waals surface area contributed by atoms with E-state index in [-0.39, 0.29) is 35.4 Å². The summed E-state index contributed by atoms with van der Waals surface area (Å²) in [7, 11) is 0. The van der Waals surface area contributed by atoms with Crippen molar-refractivity contribution in [2.24, 2.45) is 5.41 Å². The van der Waals surface area contributed by atoms with Crippen LogP contribution in [-0.2, 0) is 0 Å². The Kier molecular flexibility index (Phi) is 6.66. The first-order chi connectivity index (χ1) is 13.5. The summed E-state index contributed by atoms with van der Waals surface area (Å²) in [5, 5.41) is 12.6. The number of hydrogen-bond donors (Lipinski definition) is 2. The van der Waals surface area contributed by atoms with Crippen LogP contribution in [0.25, 0.3) is 16.4 Å². The van der Waals surface area contributed by atoms with Crippen LogP contribution in [0.1, 0.15) is 30.4 Å². The van der Waals surface area contributed by atoms with Crippen LogP contribution in [0, 0.1) is 11.2 Å². The molecule has 0 unspecified atom stereocenters. The van der Waals surface area contributed by atoms with Crippen molar-refractivity contribution in [3.63, 3.8) is 0 Å². The van der Waals surface area contributed by atoms with Gasteiger partial charge in [-0.05, 0) is 61.0 Å². The lowest BCUT2D eigenvalue weighted by Gasteiger charge is -2.33. The van der Waals surface area contributed by atoms with Crippen LogP contribution in [0.2, 0.25) is 0 Å². The highest BCUT2D eigenvalue weighted by molar-refractivity contribution is 7.13. The maximum absolute atomic E-state index is 13.7. The van der Waals surface area contributed by atoms with Crippen molar-refractivity contribution < 1.29 is 9.18 Å². The van der Waals surface area contributed by atoms with Crippen molar-refractivity contribution >= 4 is 29.7 Å². The van der Waals surface area contributed by atoms with Gasteiger partial charge in [-0.1, -0.05) is 19.1 Å². The molecular formula is C20H23ClFN5OS. The van der Waals surface area contributed by atoms with Gasteiger partial charge in [-0.2, -0.15) is 0 Å². The third-order valence-corrected chi connectivity index (χ3v) is 5.96. The summed E-state index contributed by atoms with van der Waals surface area (Å²) < 4.78 is 15.2. The van der Waals surface area contributed by atoms with Gasteiger partial charge >= 0.3 is 0 Å². The first kappa shape index (κ1) is 21.4. The molecule has 2 N–H and O–H groups in total. The third kappa shape index (κ3) is 4.83. The second-order valence-corrected chi connectivity index (χ2v) is 8.32. The summed E-state index contributed by atoms with van der Waals surface area (Å²) in [6, 6.07) is 9.92. The Bertz CT molecular complexity index is 969. The highest BCUT2D eigenvalue weighted by atomic mass is 35.5. The van der Waals surface area contributed by atoms with Crippen LogP contribution >= 0.6 is 23.7 Å². The van der Waals surface area contributed by atoms with E-state index in [9.17, 15) is 9.18 Å². The van der Waals surface area contributed by atoms with E-state index in [0.717, 1.165) is 30.8 Å². The number of hydrogen-bond acceptors (Lipinski definition) is 5. The lowest BCUT2D eigenvalue weighted by molar-refractivity contribution is 0.0912. The van der Waals surface area contributed by atoms with Gasteiger partial charge in [0.1, 0.15) is 5.82 Å². The van der Waals surface area contributed by atoms with E-state index in [1.165, 1.54) is 28.2 Å². The van der Waals surface area contributed by atoms with Gasteiger partial charge in [0.25, 0.3) is 5.91 Å². The average Bonchev–Trinajstić information content (AvgIpc) is 3.36. The van der Waals surface area contributed by atoms with Crippen molar-refractivity contribution in [3.05, 3.63) is 53.4 Å². The highest BCUT2D eigenvalue weighted by Crippen LogP contribution is 2.28. The quantitative estimate of drug-likeness (QED) is 0.641. The molecule has 0 bridgehead atoms. The zero-order chi connectivity index (χ0) is 19.6. The minimum absolute atomic E-state index is 0. The predicted molar refractivity (Wildman–Crippen MR) is 114 cm³/mol. The van der Waals surface area contributed by atoms with E-state index < -0.39 is 0 Å². The van der Waals surface area contributed by atoms with Crippen LogP contribution in [0.4, 0.5) is 4.39 Å². The van der Waals surface area contributed by atoms with E-state index in [0.29, 0.717) is 18.1 Å². The van der Waals surface area contributed by atoms with Crippen LogP contribution in [0.5, 0.6) is 0 Å². The maximum atomic E-state index is 13.7. The number of nitrogens with zero attached hydrogens (tertiary/aromatic N) is 3. The Morgan fingerprint density at radius 2 is 2.10 bits per heavy atom. The van der Waals surface area contributed by atoms with Gasteiger partial charge in [-0.25, -0.2) is 14.1 Å². The molecule has 0 atom stereocenters. The molecule has 4 rings (SSSR count). The molecule has 0 saturated carbocycles. The minimum Gasteiger partial charge on any atom is -0.349 e. The Hall–Kier alpha value is -2.29. The van der Waals surface area contributed by atoms with Crippen molar-refractivity contribution in [2.45, 2.75) is 19.8 Å². The Labute approximate surface area is 179 Å². The molecule has 1 aliphatic rings. The van der Waals surface area contributed by atoms with Gasteiger partial charge in [-0.3, -0.25) is 4.79 Å². The van der Waals surface area contributed by atoms with Crippen molar-refractivity contribution in [2.75, 3.05) is 19.6 Å². The molecule has 0 spiro atoms. The zero-order valence-corrected chi connectivity index (χ0v) is 17.7. The monoisotopic (exact) mass is 435 g/mol. The van der Waals surface area contributed by atoms with E-state index in [4.69, 9.17) is 0 Å². The van der Waals surface area contributed by atoms with Crippen LogP contribution in [0.3, 0.4) is 0 Å². The number of piperidine rings is 1. The first-order valence-corrected chi connectivity index (χ1v) is 10.2. The van der Waals surface area contributed by atoms with Crippen molar-refractivity contribution in [1.29, 1.82) is 0 Å². The number of benzene rings is 1. The van der Waals surface area contributed by atoms with Gasteiger partial charge in [0.05, 0.1) is 10.6 Å². The van der Waals surface area contributed by atoms with E-state index in [2.05, 4.69) is 27.6 Å². The fourth-order valence-corrected chi connectivity index (χ4v) is 4.04. The number of halogens is 2. The zero-order valence-electron chi connectivity index (χ0n) is 16.0. The van der Waals surface area contributed by atoms with E-state index >= 15 is 0 Å². The van der Waals surface area contributed by atoms with Crippen molar-refractivity contribution in [3.8, 4) is 16.4 Å². The molecule has 3 aromatic rings. The van der Waals surface area contributed by atoms with Crippen LogP contribution < -0.4 is 10.6 Å². The Morgan fingerprint density at radius 1 is 1.31 bits per heavy atom. The normalized spacial score (nSPS) is 15.5. The van der Waals surface area contributed by atoms with Gasteiger partial charge < -0.3 is 10.6 Å². The van der Waals surface area contributed by atoms with Gasteiger partial charge in [0, 0.05) is 6.54 Å². The molecule has 6 nitrogen and oxygen atoms in total. The molecule has 1 aromatic carbocycles.